The maximum absolute atomic E-state index is 12.3. The van der Waals surface area contributed by atoms with E-state index in [-0.39, 0.29) is 11.4 Å². The molecule has 0 saturated carbocycles. The molecule has 9 heteroatoms. The smallest absolute Gasteiger partial charge is 0.240 e. The summed E-state index contributed by atoms with van der Waals surface area (Å²) in [6.07, 6.45) is 3.64. The Kier molecular flexibility index (Phi) is 6.88. The summed E-state index contributed by atoms with van der Waals surface area (Å²) in [7, 11) is -3.50. The van der Waals surface area contributed by atoms with Crippen LogP contribution in [0.4, 0.5) is 11.6 Å². The molecule has 0 bridgehead atoms. The fourth-order valence-corrected chi connectivity index (χ4v) is 4.39. The molecule has 1 aromatic heterocycles. The van der Waals surface area contributed by atoms with Gasteiger partial charge in [0.1, 0.15) is 17.5 Å². The maximum Gasteiger partial charge on any atom is 0.240 e. The van der Waals surface area contributed by atoms with Crippen molar-refractivity contribution in [2.75, 3.05) is 36.4 Å². The van der Waals surface area contributed by atoms with Crippen molar-refractivity contribution in [3.8, 4) is 0 Å². The Balaban J connectivity index is 1.55. The quantitative estimate of drug-likeness (QED) is 0.449. The van der Waals surface area contributed by atoms with Crippen molar-refractivity contribution < 1.29 is 8.42 Å². The van der Waals surface area contributed by atoms with Gasteiger partial charge in [-0.1, -0.05) is 0 Å². The van der Waals surface area contributed by atoms with Gasteiger partial charge in [-0.25, -0.2) is 23.1 Å². The van der Waals surface area contributed by atoms with Crippen LogP contribution in [0.5, 0.6) is 0 Å². The standard InChI is InChI=1S/C18H24IN5O2S/c1-14-22-17(13-18(23-14)24-11-3-2-4-12-24)20-9-10-21-27(25,26)16-7-5-15(19)6-8-16/h5-8,13,21H,2-4,9-12H2,1H3,(H,20,22,23). The summed E-state index contributed by atoms with van der Waals surface area (Å²) in [4.78, 5) is 11.5. The molecule has 1 fully saturated rings. The van der Waals surface area contributed by atoms with Crippen molar-refractivity contribution >= 4 is 44.2 Å². The first kappa shape index (κ1) is 20.3. The number of nitrogens with one attached hydrogen (secondary N) is 2. The highest BCUT2D eigenvalue weighted by Gasteiger charge is 2.15. The van der Waals surface area contributed by atoms with Gasteiger partial charge in [-0.15, -0.1) is 0 Å². The summed E-state index contributed by atoms with van der Waals surface area (Å²) in [5.74, 6) is 2.36. The SMILES string of the molecule is Cc1nc(NCCNS(=O)(=O)c2ccc(I)cc2)cc(N2CCCCC2)n1. The zero-order valence-corrected chi connectivity index (χ0v) is 18.3. The lowest BCUT2D eigenvalue weighted by Gasteiger charge is -2.28. The minimum atomic E-state index is -3.50. The van der Waals surface area contributed by atoms with E-state index in [1.165, 1.54) is 19.3 Å². The van der Waals surface area contributed by atoms with Crippen molar-refractivity contribution in [1.82, 2.24) is 14.7 Å². The lowest BCUT2D eigenvalue weighted by atomic mass is 10.1. The first-order chi connectivity index (χ1) is 12.9. The largest absolute Gasteiger partial charge is 0.369 e. The monoisotopic (exact) mass is 501 g/mol. The third-order valence-corrected chi connectivity index (χ3v) is 6.55. The van der Waals surface area contributed by atoms with Crippen LogP contribution in [0.2, 0.25) is 0 Å². The first-order valence-electron chi connectivity index (χ1n) is 9.04. The molecule has 0 radical (unpaired) electrons. The zero-order chi connectivity index (χ0) is 19.3. The second kappa shape index (κ2) is 9.16. The molecule has 27 heavy (non-hydrogen) atoms. The summed E-state index contributed by atoms with van der Waals surface area (Å²) in [6.45, 7) is 4.63. The number of sulfonamides is 1. The van der Waals surface area contributed by atoms with E-state index < -0.39 is 10.0 Å². The van der Waals surface area contributed by atoms with Crippen LogP contribution in [-0.4, -0.2) is 44.6 Å². The lowest BCUT2D eigenvalue weighted by Crippen LogP contribution is -2.31. The zero-order valence-electron chi connectivity index (χ0n) is 15.3. The van der Waals surface area contributed by atoms with Crippen LogP contribution in [0.3, 0.4) is 0 Å². The molecule has 3 rings (SSSR count). The van der Waals surface area contributed by atoms with Gasteiger partial charge in [0.2, 0.25) is 10.0 Å². The number of piperidine rings is 1. The molecule has 1 saturated heterocycles. The van der Waals surface area contributed by atoms with E-state index in [1.54, 1.807) is 24.3 Å². The Hall–Kier alpha value is -1.46. The molecule has 0 unspecified atom stereocenters. The summed E-state index contributed by atoms with van der Waals surface area (Å²) in [6, 6.07) is 8.71. The van der Waals surface area contributed by atoms with E-state index in [2.05, 4.69) is 47.5 Å². The second-order valence-corrected chi connectivity index (χ2v) is 9.50. The molecule has 2 N–H and O–H groups in total. The van der Waals surface area contributed by atoms with Gasteiger partial charge < -0.3 is 10.2 Å². The van der Waals surface area contributed by atoms with Crippen molar-refractivity contribution in [2.45, 2.75) is 31.1 Å². The van der Waals surface area contributed by atoms with E-state index in [4.69, 9.17) is 0 Å². The van der Waals surface area contributed by atoms with Gasteiger partial charge in [-0.3, -0.25) is 0 Å². The first-order valence-corrected chi connectivity index (χ1v) is 11.6. The highest BCUT2D eigenvalue weighted by molar-refractivity contribution is 14.1. The van der Waals surface area contributed by atoms with E-state index in [0.717, 1.165) is 28.3 Å². The summed E-state index contributed by atoms with van der Waals surface area (Å²) < 4.78 is 28.2. The van der Waals surface area contributed by atoms with Gasteiger partial charge in [-0.2, -0.15) is 0 Å². The predicted octanol–water partition coefficient (Wildman–Crippen LogP) is 2.77. The topological polar surface area (TPSA) is 87.2 Å². The van der Waals surface area contributed by atoms with Gasteiger partial charge >= 0.3 is 0 Å². The molecule has 7 nitrogen and oxygen atoms in total. The molecular weight excluding hydrogens is 477 g/mol. The van der Waals surface area contributed by atoms with Crippen molar-refractivity contribution in [1.29, 1.82) is 0 Å². The number of nitrogens with zero attached hydrogens (tertiary/aromatic N) is 3. The molecule has 2 aromatic rings. The van der Waals surface area contributed by atoms with E-state index in [9.17, 15) is 8.42 Å². The highest BCUT2D eigenvalue weighted by atomic mass is 127. The maximum atomic E-state index is 12.3. The molecule has 0 aliphatic carbocycles. The fraction of sp³-hybridized carbons (Fsp3) is 0.444. The van der Waals surface area contributed by atoms with E-state index in [1.807, 2.05) is 13.0 Å². The van der Waals surface area contributed by atoms with Crippen LogP contribution >= 0.6 is 22.6 Å². The minimum Gasteiger partial charge on any atom is -0.369 e. The van der Waals surface area contributed by atoms with E-state index >= 15 is 0 Å². The fourth-order valence-electron chi connectivity index (χ4n) is 3.00. The van der Waals surface area contributed by atoms with E-state index in [0.29, 0.717) is 12.4 Å². The lowest BCUT2D eigenvalue weighted by molar-refractivity contribution is 0.572. The minimum absolute atomic E-state index is 0.271. The Bertz CT molecular complexity index is 868. The molecule has 1 aliphatic heterocycles. The van der Waals surface area contributed by atoms with Gasteiger partial charge in [0.25, 0.3) is 0 Å². The summed E-state index contributed by atoms with van der Waals surface area (Å²) >= 11 is 2.15. The van der Waals surface area contributed by atoms with Crippen LogP contribution in [0, 0.1) is 10.5 Å². The Morgan fingerprint density at radius 2 is 1.78 bits per heavy atom. The van der Waals surface area contributed by atoms with Gasteiger partial charge in [-0.05, 0) is 73.0 Å². The number of halogens is 1. The Labute approximate surface area is 174 Å². The number of aryl methyl sites for hydroxylation is 1. The molecule has 0 amide bonds. The number of rotatable bonds is 7. The normalized spacial score (nSPS) is 15.0. The number of hydrogen-bond donors (Lipinski definition) is 2. The molecule has 0 atom stereocenters. The average Bonchev–Trinajstić information content (AvgIpc) is 2.66. The van der Waals surface area contributed by atoms with Crippen molar-refractivity contribution in [3.63, 3.8) is 0 Å². The third kappa shape index (κ3) is 5.76. The van der Waals surface area contributed by atoms with Gasteiger partial charge in [0.05, 0.1) is 4.90 Å². The third-order valence-electron chi connectivity index (χ3n) is 4.35. The Morgan fingerprint density at radius 1 is 1.07 bits per heavy atom. The summed E-state index contributed by atoms with van der Waals surface area (Å²) in [5.41, 5.74) is 0. The van der Waals surface area contributed by atoms with Crippen molar-refractivity contribution in [3.05, 3.63) is 39.7 Å². The van der Waals surface area contributed by atoms with Crippen LogP contribution in [0.25, 0.3) is 0 Å². The molecular formula is C18H24IN5O2S. The molecule has 146 valence electrons. The summed E-state index contributed by atoms with van der Waals surface area (Å²) in [5, 5.41) is 3.19. The number of benzene rings is 1. The predicted molar refractivity (Wildman–Crippen MR) is 116 cm³/mol. The molecule has 0 spiro atoms. The van der Waals surface area contributed by atoms with Gasteiger partial charge in [0.15, 0.2) is 0 Å². The van der Waals surface area contributed by atoms with Crippen LogP contribution < -0.4 is 14.9 Å². The average molecular weight is 501 g/mol. The van der Waals surface area contributed by atoms with Crippen LogP contribution in [-0.2, 0) is 10.0 Å². The number of hydrogen-bond acceptors (Lipinski definition) is 6. The number of aromatic nitrogens is 2. The molecule has 1 aromatic carbocycles. The Morgan fingerprint density at radius 3 is 2.48 bits per heavy atom. The van der Waals surface area contributed by atoms with Crippen molar-refractivity contribution in [2.24, 2.45) is 0 Å². The highest BCUT2D eigenvalue weighted by Crippen LogP contribution is 2.20. The number of anilines is 2. The van der Waals surface area contributed by atoms with Crippen LogP contribution in [0.15, 0.2) is 35.2 Å². The molecule has 2 heterocycles. The second-order valence-electron chi connectivity index (χ2n) is 6.48. The molecule has 1 aliphatic rings. The van der Waals surface area contributed by atoms with Gasteiger partial charge in [0, 0.05) is 35.8 Å². The van der Waals surface area contributed by atoms with Crippen LogP contribution in [0.1, 0.15) is 25.1 Å².